The Bertz CT molecular complexity index is 1100. The summed E-state index contributed by atoms with van der Waals surface area (Å²) in [5, 5.41) is 0. The molecular weight excluding hydrogens is 395 g/mol. The van der Waals surface area contributed by atoms with Crippen LogP contribution in [0.4, 0.5) is 4.39 Å². The van der Waals surface area contributed by atoms with Gasteiger partial charge in [0.25, 0.3) is 0 Å². The number of hydrogen-bond acceptors (Lipinski definition) is 4. The number of halogens is 1. The van der Waals surface area contributed by atoms with Crippen LogP contribution >= 0.6 is 0 Å². The third-order valence-electron chi connectivity index (χ3n) is 5.04. The molecule has 0 unspecified atom stereocenters. The molecule has 3 aromatic rings. The summed E-state index contributed by atoms with van der Waals surface area (Å²) < 4.78 is 40.0. The molecular formula is C20H21FN4O3S. The molecule has 0 atom stereocenters. The number of sulfonamides is 1. The van der Waals surface area contributed by atoms with Crippen molar-refractivity contribution in [1.82, 2.24) is 19.2 Å². The van der Waals surface area contributed by atoms with Crippen LogP contribution in [0.2, 0.25) is 0 Å². The average Bonchev–Trinajstić information content (AvgIpc) is 3.15. The van der Waals surface area contributed by atoms with Crippen molar-refractivity contribution in [2.75, 3.05) is 26.2 Å². The van der Waals surface area contributed by atoms with Crippen molar-refractivity contribution in [2.24, 2.45) is 0 Å². The molecule has 1 fully saturated rings. The van der Waals surface area contributed by atoms with Gasteiger partial charge in [0.05, 0.1) is 15.9 Å². The van der Waals surface area contributed by atoms with Gasteiger partial charge < -0.3 is 9.88 Å². The van der Waals surface area contributed by atoms with E-state index in [1.165, 1.54) is 22.5 Å². The number of carbonyl (C=O) groups excluding carboxylic acids is 1. The summed E-state index contributed by atoms with van der Waals surface area (Å²) in [4.78, 5) is 21.8. The van der Waals surface area contributed by atoms with Crippen LogP contribution < -0.4 is 0 Å². The average molecular weight is 416 g/mol. The largest absolute Gasteiger partial charge is 0.342 e. The van der Waals surface area contributed by atoms with Gasteiger partial charge in [-0.25, -0.2) is 17.8 Å². The predicted molar refractivity (Wildman–Crippen MR) is 106 cm³/mol. The Hall–Kier alpha value is -2.78. The van der Waals surface area contributed by atoms with Crippen molar-refractivity contribution >= 4 is 27.0 Å². The summed E-state index contributed by atoms with van der Waals surface area (Å²) >= 11 is 0. The maximum Gasteiger partial charge on any atom is 0.243 e. The lowest BCUT2D eigenvalue weighted by molar-refractivity contribution is -0.132. The molecule has 1 aliphatic heterocycles. The zero-order valence-corrected chi connectivity index (χ0v) is 16.5. The molecule has 9 heteroatoms. The molecule has 0 saturated carbocycles. The molecule has 1 amide bonds. The monoisotopic (exact) mass is 416 g/mol. The molecule has 1 aromatic heterocycles. The molecule has 0 spiro atoms. The molecule has 29 heavy (non-hydrogen) atoms. The second kappa shape index (κ2) is 7.92. The third kappa shape index (κ3) is 4.15. The summed E-state index contributed by atoms with van der Waals surface area (Å²) in [5.74, 6) is 0.130. The second-order valence-corrected chi connectivity index (χ2v) is 8.88. The number of benzene rings is 2. The number of rotatable bonds is 5. The van der Waals surface area contributed by atoms with Crippen LogP contribution in [0, 0.1) is 5.82 Å². The number of nitrogens with zero attached hydrogens (tertiary/aromatic N) is 3. The Labute approximate surface area is 168 Å². The molecule has 4 rings (SSSR count). The first-order valence-corrected chi connectivity index (χ1v) is 10.8. The normalized spacial score (nSPS) is 15.7. The Kier molecular flexibility index (Phi) is 5.33. The number of para-hydroxylation sites is 2. The zero-order chi connectivity index (χ0) is 20.4. The number of imidazole rings is 1. The van der Waals surface area contributed by atoms with E-state index in [4.69, 9.17) is 0 Å². The van der Waals surface area contributed by atoms with Gasteiger partial charge in [-0.15, -0.1) is 0 Å². The van der Waals surface area contributed by atoms with Crippen LogP contribution in [0.3, 0.4) is 0 Å². The number of H-pyrrole nitrogens is 1. The highest BCUT2D eigenvalue weighted by molar-refractivity contribution is 7.89. The summed E-state index contributed by atoms with van der Waals surface area (Å²) in [6.07, 6.45) is 0.797. The minimum absolute atomic E-state index is 0.0340. The molecule has 1 saturated heterocycles. The number of piperazine rings is 1. The smallest absolute Gasteiger partial charge is 0.243 e. The fourth-order valence-corrected chi connectivity index (χ4v) is 4.92. The van der Waals surface area contributed by atoms with Gasteiger partial charge in [-0.05, 0) is 30.3 Å². The number of aromatic amines is 1. The van der Waals surface area contributed by atoms with Gasteiger partial charge in [0.1, 0.15) is 11.6 Å². The summed E-state index contributed by atoms with van der Waals surface area (Å²) in [6.45, 7) is 1.01. The predicted octanol–water partition coefficient (Wildman–Crippen LogP) is 2.17. The lowest BCUT2D eigenvalue weighted by Gasteiger charge is -2.34. The summed E-state index contributed by atoms with van der Waals surface area (Å²) in [7, 11) is -3.76. The van der Waals surface area contributed by atoms with E-state index in [2.05, 4.69) is 9.97 Å². The van der Waals surface area contributed by atoms with E-state index in [1.807, 2.05) is 24.3 Å². The van der Waals surface area contributed by atoms with Crippen molar-refractivity contribution in [2.45, 2.75) is 17.7 Å². The highest BCUT2D eigenvalue weighted by Crippen LogP contribution is 2.19. The van der Waals surface area contributed by atoms with Gasteiger partial charge >= 0.3 is 0 Å². The standard InChI is InChI=1S/C20H21FN4O3S/c21-15-4-3-5-16(14-15)29(27,28)25-12-10-24(11-13-25)20(26)9-8-19-22-17-6-1-2-7-18(17)23-19/h1-7,14H,8-13H2,(H,22,23). The number of nitrogens with one attached hydrogen (secondary N) is 1. The Morgan fingerprint density at radius 2 is 1.83 bits per heavy atom. The van der Waals surface area contributed by atoms with E-state index in [0.29, 0.717) is 25.9 Å². The highest BCUT2D eigenvalue weighted by atomic mass is 32.2. The SMILES string of the molecule is O=C(CCc1nc2ccccc2[nH]1)N1CCN(S(=O)(=O)c2cccc(F)c2)CC1. The molecule has 0 radical (unpaired) electrons. The molecule has 2 aromatic carbocycles. The first kappa shape index (κ1) is 19.5. The molecule has 1 aliphatic rings. The van der Waals surface area contributed by atoms with Gasteiger partial charge in [0.15, 0.2) is 0 Å². The first-order valence-electron chi connectivity index (χ1n) is 9.40. The molecule has 0 aliphatic carbocycles. The minimum Gasteiger partial charge on any atom is -0.342 e. The number of aryl methyl sites for hydroxylation is 1. The third-order valence-corrected chi connectivity index (χ3v) is 6.93. The number of carbonyl (C=O) groups is 1. The fourth-order valence-electron chi connectivity index (χ4n) is 3.46. The Morgan fingerprint density at radius 3 is 2.55 bits per heavy atom. The van der Waals surface area contributed by atoms with Crippen LogP contribution in [-0.4, -0.2) is 59.7 Å². The molecule has 1 N–H and O–H groups in total. The fraction of sp³-hybridized carbons (Fsp3) is 0.300. The van der Waals surface area contributed by atoms with Gasteiger partial charge in [-0.2, -0.15) is 4.31 Å². The van der Waals surface area contributed by atoms with E-state index in [0.717, 1.165) is 22.9 Å². The van der Waals surface area contributed by atoms with Crippen LogP contribution in [0.5, 0.6) is 0 Å². The molecule has 0 bridgehead atoms. The second-order valence-electron chi connectivity index (χ2n) is 6.94. The van der Waals surface area contributed by atoms with Gasteiger partial charge in [0, 0.05) is 39.0 Å². The summed E-state index contributed by atoms with van der Waals surface area (Å²) in [6, 6.07) is 12.7. The number of amides is 1. The highest BCUT2D eigenvalue weighted by Gasteiger charge is 2.30. The van der Waals surface area contributed by atoms with Crippen LogP contribution in [0.1, 0.15) is 12.2 Å². The van der Waals surface area contributed by atoms with Gasteiger partial charge in [-0.3, -0.25) is 4.79 Å². The lowest BCUT2D eigenvalue weighted by Crippen LogP contribution is -2.50. The van der Waals surface area contributed by atoms with E-state index < -0.39 is 15.8 Å². The van der Waals surface area contributed by atoms with E-state index in [9.17, 15) is 17.6 Å². The molecule has 2 heterocycles. The van der Waals surface area contributed by atoms with Crippen molar-refractivity contribution < 1.29 is 17.6 Å². The van der Waals surface area contributed by atoms with Crippen LogP contribution in [0.15, 0.2) is 53.4 Å². The van der Waals surface area contributed by atoms with Crippen molar-refractivity contribution in [3.8, 4) is 0 Å². The summed E-state index contributed by atoms with van der Waals surface area (Å²) in [5.41, 5.74) is 1.80. The van der Waals surface area contributed by atoms with Gasteiger partial charge in [-0.1, -0.05) is 18.2 Å². The van der Waals surface area contributed by atoms with Crippen LogP contribution in [-0.2, 0) is 21.2 Å². The number of aromatic nitrogens is 2. The maximum atomic E-state index is 13.4. The number of hydrogen-bond donors (Lipinski definition) is 1. The van der Waals surface area contributed by atoms with Crippen molar-refractivity contribution in [1.29, 1.82) is 0 Å². The maximum absolute atomic E-state index is 13.4. The molecule has 7 nitrogen and oxygen atoms in total. The van der Waals surface area contributed by atoms with Crippen molar-refractivity contribution in [3.63, 3.8) is 0 Å². The quantitative estimate of drug-likeness (QED) is 0.691. The minimum atomic E-state index is -3.76. The van der Waals surface area contributed by atoms with E-state index in [1.54, 1.807) is 4.90 Å². The topological polar surface area (TPSA) is 86.4 Å². The molecule has 152 valence electrons. The van der Waals surface area contributed by atoms with E-state index >= 15 is 0 Å². The van der Waals surface area contributed by atoms with Crippen LogP contribution in [0.25, 0.3) is 11.0 Å². The first-order chi connectivity index (χ1) is 13.9. The van der Waals surface area contributed by atoms with Gasteiger partial charge in [0.2, 0.25) is 15.9 Å². The zero-order valence-electron chi connectivity index (χ0n) is 15.7. The van der Waals surface area contributed by atoms with Crippen molar-refractivity contribution in [3.05, 3.63) is 60.2 Å². The Morgan fingerprint density at radius 1 is 1.07 bits per heavy atom. The van der Waals surface area contributed by atoms with E-state index in [-0.39, 0.29) is 23.9 Å². The Balaban J connectivity index is 1.33. The number of fused-ring (bicyclic) bond motifs is 1. The lowest BCUT2D eigenvalue weighted by atomic mass is 10.2.